The van der Waals surface area contributed by atoms with Crippen molar-refractivity contribution < 1.29 is 0 Å². The molecule has 0 bridgehead atoms. The van der Waals surface area contributed by atoms with Gasteiger partial charge in [-0.2, -0.15) is 0 Å². The lowest BCUT2D eigenvalue weighted by molar-refractivity contribution is 0.771. The van der Waals surface area contributed by atoms with Gasteiger partial charge in [-0.15, -0.1) is 0 Å². The monoisotopic (exact) mass is 420 g/mol. The fraction of sp³-hybridized carbons (Fsp3) is 0.0833. The van der Waals surface area contributed by atoms with Gasteiger partial charge in [0.05, 0.1) is 17.0 Å². The molecule has 0 aliphatic heterocycles. The Morgan fingerprint density at radius 1 is 0.781 bits per heavy atom. The predicted molar refractivity (Wildman–Crippen MR) is 124 cm³/mol. The Kier molecular flexibility index (Phi) is 5.32. The molecule has 0 amide bonds. The van der Waals surface area contributed by atoms with Crippen LogP contribution in [-0.4, -0.2) is 36.4 Å². The molecule has 0 fully saturated rings. The van der Waals surface area contributed by atoms with Gasteiger partial charge in [-0.3, -0.25) is 0 Å². The van der Waals surface area contributed by atoms with Crippen molar-refractivity contribution in [3.05, 3.63) is 96.8 Å². The lowest BCUT2D eigenvalue weighted by Gasteiger charge is -2.18. The lowest BCUT2D eigenvalue weighted by Crippen LogP contribution is -2.17. The van der Waals surface area contributed by atoms with Gasteiger partial charge < -0.3 is 11.1 Å². The first-order chi connectivity index (χ1) is 15.8. The predicted octanol–water partition coefficient (Wildman–Crippen LogP) is 3.70. The van der Waals surface area contributed by atoms with Gasteiger partial charge in [-0.05, 0) is 23.8 Å². The van der Waals surface area contributed by atoms with Crippen LogP contribution in [0.25, 0.3) is 22.3 Å². The maximum Gasteiger partial charge on any atom is 0.219 e. The van der Waals surface area contributed by atoms with Crippen LogP contribution in [0.3, 0.4) is 0 Å². The minimum Gasteiger partial charge on any atom is -0.368 e. The Bertz CT molecular complexity index is 1290. The van der Waals surface area contributed by atoms with E-state index >= 15 is 0 Å². The number of anilines is 2. The van der Waals surface area contributed by atoms with Gasteiger partial charge in [0.1, 0.15) is 11.6 Å². The largest absolute Gasteiger partial charge is 0.368 e. The van der Waals surface area contributed by atoms with E-state index in [2.05, 4.69) is 42.4 Å². The molecule has 8 nitrogen and oxygen atoms in total. The van der Waals surface area contributed by atoms with Crippen molar-refractivity contribution in [1.29, 1.82) is 0 Å². The molecule has 3 heterocycles. The molecule has 1 unspecified atom stereocenters. The van der Waals surface area contributed by atoms with Gasteiger partial charge in [-0.25, -0.2) is 29.9 Å². The molecule has 0 radical (unpaired) electrons. The van der Waals surface area contributed by atoms with Crippen LogP contribution in [-0.2, 0) is 0 Å². The fourth-order valence-corrected chi connectivity index (χ4v) is 3.53. The molecule has 32 heavy (non-hydrogen) atoms. The van der Waals surface area contributed by atoms with Gasteiger partial charge in [0.25, 0.3) is 0 Å². The van der Waals surface area contributed by atoms with Crippen molar-refractivity contribution in [2.24, 2.45) is 0 Å². The molecule has 0 spiro atoms. The summed E-state index contributed by atoms with van der Waals surface area (Å²) >= 11 is 0. The molecule has 3 N–H and O–H groups in total. The fourth-order valence-electron chi connectivity index (χ4n) is 3.53. The SMILES string of the molecule is Nc1ncc(-c2nc(NCC(c3ccccc3)c3ncccn3)c3ccccc3n2)cn1. The maximum atomic E-state index is 5.63. The van der Waals surface area contributed by atoms with Crippen LogP contribution in [0.15, 0.2) is 85.5 Å². The summed E-state index contributed by atoms with van der Waals surface area (Å²) in [5.74, 6) is 2.16. The number of nitrogens with zero attached hydrogens (tertiary/aromatic N) is 6. The third-order valence-corrected chi connectivity index (χ3v) is 5.11. The average molecular weight is 420 g/mol. The van der Waals surface area contributed by atoms with Crippen LogP contribution < -0.4 is 11.1 Å². The Morgan fingerprint density at radius 2 is 1.50 bits per heavy atom. The molecule has 3 aromatic heterocycles. The van der Waals surface area contributed by atoms with Crippen molar-refractivity contribution in [2.45, 2.75) is 5.92 Å². The van der Waals surface area contributed by atoms with Gasteiger partial charge in [0.15, 0.2) is 5.82 Å². The second-order valence-corrected chi connectivity index (χ2v) is 7.19. The van der Waals surface area contributed by atoms with Crippen LogP contribution in [0.5, 0.6) is 0 Å². The molecule has 0 saturated carbocycles. The number of aromatic nitrogens is 6. The van der Waals surface area contributed by atoms with Gasteiger partial charge in [-0.1, -0.05) is 42.5 Å². The van der Waals surface area contributed by atoms with Crippen LogP contribution in [0.1, 0.15) is 17.3 Å². The third-order valence-electron chi connectivity index (χ3n) is 5.11. The maximum absolute atomic E-state index is 5.63. The van der Waals surface area contributed by atoms with Gasteiger partial charge in [0, 0.05) is 36.7 Å². The highest BCUT2D eigenvalue weighted by Crippen LogP contribution is 2.27. The molecule has 156 valence electrons. The molecule has 0 aliphatic carbocycles. The number of hydrogen-bond donors (Lipinski definition) is 2. The van der Waals surface area contributed by atoms with E-state index in [1.165, 1.54) is 0 Å². The summed E-state index contributed by atoms with van der Waals surface area (Å²) in [6, 6.07) is 19.9. The highest BCUT2D eigenvalue weighted by molar-refractivity contribution is 5.90. The summed E-state index contributed by atoms with van der Waals surface area (Å²) in [6.07, 6.45) is 6.77. The van der Waals surface area contributed by atoms with Crippen molar-refractivity contribution in [3.63, 3.8) is 0 Å². The standard InChI is InChI=1S/C24H20N8/c25-24-29-13-17(14-30-24)21-31-20-10-5-4-9-18(20)23(32-21)28-15-19(16-7-2-1-3-8-16)22-26-11-6-12-27-22/h1-14,19H,15H2,(H2,25,29,30)(H,28,31,32). The van der Waals surface area contributed by atoms with E-state index in [1.54, 1.807) is 24.8 Å². The van der Waals surface area contributed by atoms with E-state index in [1.807, 2.05) is 48.5 Å². The quantitative estimate of drug-likeness (QED) is 0.427. The zero-order chi connectivity index (χ0) is 21.8. The minimum absolute atomic E-state index is 0.0468. The summed E-state index contributed by atoms with van der Waals surface area (Å²) < 4.78 is 0. The Labute approximate surface area is 184 Å². The zero-order valence-corrected chi connectivity index (χ0v) is 17.1. The molecule has 1 atom stereocenters. The number of hydrogen-bond acceptors (Lipinski definition) is 8. The summed E-state index contributed by atoms with van der Waals surface area (Å²) in [7, 11) is 0. The minimum atomic E-state index is -0.0468. The number of nitrogens with one attached hydrogen (secondary N) is 1. The second-order valence-electron chi connectivity index (χ2n) is 7.19. The van der Waals surface area contributed by atoms with Crippen molar-refractivity contribution in [3.8, 4) is 11.4 Å². The Hall–Kier alpha value is -4.46. The molecule has 2 aromatic carbocycles. The van der Waals surface area contributed by atoms with E-state index in [0.717, 1.165) is 28.1 Å². The number of benzene rings is 2. The third kappa shape index (κ3) is 4.06. The molecule has 5 aromatic rings. The van der Waals surface area contributed by atoms with Crippen molar-refractivity contribution in [1.82, 2.24) is 29.9 Å². The van der Waals surface area contributed by atoms with Crippen LogP contribution in [0.4, 0.5) is 11.8 Å². The van der Waals surface area contributed by atoms with Crippen molar-refractivity contribution >= 4 is 22.7 Å². The molecule has 5 rings (SSSR count). The molecular formula is C24H20N8. The van der Waals surface area contributed by atoms with Crippen molar-refractivity contribution in [2.75, 3.05) is 17.6 Å². The Morgan fingerprint density at radius 3 is 2.28 bits per heavy atom. The number of rotatable bonds is 6. The van der Waals surface area contributed by atoms with Gasteiger partial charge >= 0.3 is 0 Å². The second kappa shape index (κ2) is 8.73. The van der Waals surface area contributed by atoms with E-state index in [9.17, 15) is 0 Å². The first-order valence-electron chi connectivity index (χ1n) is 10.2. The Balaban J connectivity index is 1.53. The number of nitrogens with two attached hydrogens (primary N) is 1. The van der Waals surface area contributed by atoms with E-state index < -0.39 is 0 Å². The highest BCUT2D eigenvalue weighted by Gasteiger charge is 2.18. The molecular weight excluding hydrogens is 400 g/mol. The van der Waals surface area contributed by atoms with E-state index in [-0.39, 0.29) is 11.9 Å². The van der Waals surface area contributed by atoms with Gasteiger partial charge in [0.2, 0.25) is 5.95 Å². The smallest absolute Gasteiger partial charge is 0.219 e. The van der Waals surface area contributed by atoms with Crippen LogP contribution in [0.2, 0.25) is 0 Å². The molecule has 0 saturated heterocycles. The molecule has 0 aliphatic rings. The topological polar surface area (TPSA) is 115 Å². The van der Waals surface area contributed by atoms with Crippen LogP contribution >= 0.6 is 0 Å². The first kappa shape index (κ1) is 19.5. The molecule has 8 heteroatoms. The number of fused-ring (bicyclic) bond motifs is 1. The first-order valence-corrected chi connectivity index (χ1v) is 10.2. The number of nitrogen functional groups attached to an aromatic ring is 1. The number of para-hydroxylation sites is 1. The zero-order valence-electron chi connectivity index (χ0n) is 17.1. The van der Waals surface area contributed by atoms with E-state index in [4.69, 9.17) is 10.7 Å². The highest BCUT2D eigenvalue weighted by atomic mass is 15.1. The summed E-state index contributed by atoms with van der Waals surface area (Å²) in [5, 5.41) is 4.43. The summed E-state index contributed by atoms with van der Waals surface area (Å²) in [5.41, 5.74) is 8.27. The average Bonchev–Trinajstić information content (AvgIpc) is 2.86. The lowest BCUT2D eigenvalue weighted by atomic mass is 9.98. The summed E-state index contributed by atoms with van der Waals surface area (Å²) in [6.45, 7) is 0.562. The van der Waals surface area contributed by atoms with E-state index in [0.29, 0.717) is 17.9 Å². The van der Waals surface area contributed by atoms with Crippen LogP contribution in [0, 0.1) is 0 Å². The summed E-state index contributed by atoms with van der Waals surface area (Å²) in [4.78, 5) is 26.6. The normalized spacial score (nSPS) is 11.9.